The predicted molar refractivity (Wildman–Crippen MR) is 121 cm³/mol. The molecular formula is C23H28N2O2S. The fourth-order valence-corrected chi connectivity index (χ4v) is 2.83. The molecule has 0 bridgehead atoms. The third-order valence-corrected chi connectivity index (χ3v) is 4.28. The maximum absolute atomic E-state index is 12.0. The number of unbranched alkanes of at least 4 members (excludes halogenated alkanes) is 4. The number of hydrogen-bond acceptors (Lipinski definition) is 3. The van der Waals surface area contributed by atoms with E-state index < -0.39 is 0 Å². The van der Waals surface area contributed by atoms with Crippen LogP contribution in [0.2, 0.25) is 0 Å². The molecule has 0 fully saturated rings. The summed E-state index contributed by atoms with van der Waals surface area (Å²) in [7, 11) is 0. The number of ether oxygens (including phenoxy) is 1. The summed E-state index contributed by atoms with van der Waals surface area (Å²) in [6, 6.07) is 17.2. The molecule has 0 atom stereocenters. The van der Waals surface area contributed by atoms with Gasteiger partial charge >= 0.3 is 0 Å². The van der Waals surface area contributed by atoms with Gasteiger partial charge in [0.25, 0.3) is 0 Å². The average Bonchev–Trinajstić information content (AvgIpc) is 2.70. The molecule has 2 N–H and O–H groups in total. The van der Waals surface area contributed by atoms with Crippen molar-refractivity contribution in [2.45, 2.75) is 39.0 Å². The van der Waals surface area contributed by atoms with E-state index in [0.29, 0.717) is 6.61 Å². The number of carbonyl (C=O) groups excluding carboxylic acids is 1. The van der Waals surface area contributed by atoms with Gasteiger partial charge in [0, 0.05) is 17.8 Å². The van der Waals surface area contributed by atoms with E-state index in [0.717, 1.165) is 23.4 Å². The fraction of sp³-hybridized carbons (Fsp3) is 0.304. The molecule has 4 nitrogen and oxygen atoms in total. The molecule has 0 aromatic heterocycles. The first-order valence-electron chi connectivity index (χ1n) is 9.75. The van der Waals surface area contributed by atoms with Crippen LogP contribution < -0.4 is 15.4 Å². The largest absolute Gasteiger partial charge is 0.494 e. The van der Waals surface area contributed by atoms with Crippen molar-refractivity contribution in [1.82, 2.24) is 5.32 Å². The summed E-state index contributed by atoms with van der Waals surface area (Å²) in [5.41, 5.74) is 1.73. The Bertz CT molecular complexity index is 775. The minimum absolute atomic E-state index is 0.249. The molecule has 148 valence electrons. The molecule has 2 aromatic rings. The standard InChI is InChI=1S/C23H28N2O2S/c1-2-3-4-5-9-17-27-21-14-10-13-20(18-21)24-23(28)25-22(26)16-15-19-11-7-6-8-12-19/h6-8,10-16,18H,2-5,9,17H2,1H3,(H2,24,25,26,28)/b16-15+. The van der Waals surface area contributed by atoms with Gasteiger partial charge in [-0.25, -0.2) is 0 Å². The molecule has 0 aliphatic carbocycles. The number of rotatable bonds is 10. The van der Waals surface area contributed by atoms with Gasteiger partial charge < -0.3 is 10.1 Å². The summed E-state index contributed by atoms with van der Waals surface area (Å²) in [6.45, 7) is 2.92. The molecule has 0 saturated carbocycles. The summed E-state index contributed by atoms with van der Waals surface area (Å²) < 4.78 is 5.80. The molecule has 0 aliphatic rings. The molecule has 5 heteroatoms. The Morgan fingerprint density at radius 2 is 1.82 bits per heavy atom. The van der Waals surface area contributed by atoms with Crippen molar-refractivity contribution in [3.05, 3.63) is 66.2 Å². The number of amides is 1. The SMILES string of the molecule is CCCCCCCOc1cccc(NC(=S)NC(=O)/C=C/c2ccccc2)c1. The molecule has 0 unspecified atom stereocenters. The number of nitrogens with one attached hydrogen (secondary N) is 2. The van der Waals surface area contributed by atoms with Gasteiger partial charge in [0.2, 0.25) is 5.91 Å². The third-order valence-electron chi connectivity index (χ3n) is 4.07. The normalized spacial score (nSPS) is 10.6. The molecule has 0 spiro atoms. The topological polar surface area (TPSA) is 50.4 Å². The van der Waals surface area contributed by atoms with Crippen LogP contribution in [0.1, 0.15) is 44.6 Å². The number of benzene rings is 2. The number of anilines is 1. The number of carbonyl (C=O) groups is 1. The average molecular weight is 397 g/mol. The molecule has 0 saturated heterocycles. The lowest BCUT2D eigenvalue weighted by atomic mass is 10.2. The lowest BCUT2D eigenvalue weighted by molar-refractivity contribution is -0.115. The van der Waals surface area contributed by atoms with Gasteiger partial charge in [0.15, 0.2) is 5.11 Å². The summed E-state index contributed by atoms with van der Waals surface area (Å²) in [4.78, 5) is 12.0. The minimum Gasteiger partial charge on any atom is -0.494 e. The van der Waals surface area contributed by atoms with Gasteiger partial charge in [-0.1, -0.05) is 69.0 Å². The molecule has 0 aliphatic heterocycles. The molecule has 0 radical (unpaired) electrons. The Morgan fingerprint density at radius 1 is 1.04 bits per heavy atom. The Kier molecular flexibility index (Phi) is 9.80. The van der Waals surface area contributed by atoms with Crippen LogP contribution >= 0.6 is 12.2 Å². The third kappa shape index (κ3) is 8.82. The first-order valence-corrected chi connectivity index (χ1v) is 10.2. The summed E-state index contributed by atoms with van der Waals surface area (Å²) >= 11 is 5.22. The van der Waals surface area contributed by atoms with Crippen molar-refractivity contribution in [3.8, 4) is 5.75 Å². The van der Waals surface area contributed by atoms with Crippen LogP contribution in [0.5, 0.6) is 5.75 Å². The Balaban J connectivity index is 1.75. The van der Waals surface area contributed by atoms with Gasteiger partial charge in [-0.05, 0) is 42.4 Å². The van der Waals surface area contributed by atoms with E-state index in [1.54, 1.807) is 6.08 Å². The molecule has 2 rings (SSSR count). The molecule has 2 aromatic carbocycles. The predicted octanol–water partition coefficient (Wildman–Crippen LogP) is 5.56. The highest BCUT2D eigenvalue weighted by molar-refractivity contribution is 7.80. The van der Waals surface area contributed by atoms with E-state index in [-0.39, 0.29) is 11.0 Å². The Hall–Kier alpha value is -2.66. The minimum atomic E-state index is -0.277. The molecule has 1 amide bonds. The Labute approximate surface area is 173 Å². The molecule has 28 heavy (non-hydrogen) atoms. The van der Waals surface area contributed by atoms with Crippen LogP contribution in [0.25, 0.3) is 6.08 Å². The molecular weight excluding hydrogens is 368 g/mol. The van der Waals surface area contributed by atoms with Crippen molar-refractivity contribution in [3.63, 3.8) is 0 Å². The second-order valence-corrected chi connectivity index (χ2v) is 6.89. The van der Waals surface area contributed by atoms with E-state index in [9.17, 15) is 4.79 Å². The van der Waals surface area contributed by atoms with Gasteiger partial charge in [0.05, 0.1) is 6.61 Å². The van der Waals surface area contributed by atoms with Crippen LogP contribution in [-0.4, -0.2) is 17.6 Å². The lowest BCUT2D eigenvalue weighted by Crippen LogP contribution is -2.32. The van der Waals surface area contributed by atoms with E-state index >= 15 is 0 Å². The first-order chi connectivity index (χ1) is 13.7. The zero-order valence-corrected chi connectivity index (χ0v) is 17.1. The van der Waals surface area contributed by atoms with Crippen molar-refractivity contribution in [2.24, 2.45) is 0 Å². The maximum Gasteiger partial charge on any atom is 0.250 e. The highest BCUT2D eigenvalue weighted by Crippen LogP contribution is 2.18. The zero-order valence-electron chi connectivity index (χ0n) is 16.3. The molecule has 0 heterocycles. The van der Waals surface area contributed by atoms with Crippen molar-refractivity contribution in [2.75, 3.05) is 11.9 Å². The highest BCUT2D eigenvalue weighted by atomic mass is 32.1. The van der Waals surface area contributed by atoms with E-state index in [2.05, 4.69) is 17.6 Å². The Morgan fingerprint density at radius 3 is 2.61 bits per heavy atom. The maximum atomic E-state index is 12.0. The quantitative estimate of drug-likeness (QED) is 0.313. The summed E-state index contributed by atoms with van der Waals surface area (Å²) in [5, 5.41) is 5.91. The van der Waals surface area contributed by atoms with Crippen LogP contribution in [0, 0.1) is 0 Å². The van der Waals surface area contributed by atoms with Crippen LogP contribution in [0.3, 0.4) is 0 Å². The number of hydrogen-bond donors (Lipinski definition) is 2. The van der Waals surface area contributed by atoms with Gasteiger partial charge in [-0.3, -0.25) is 10.1 Å². The van der Waals surface area contributed by atoms with E-state index in [1.165, 1.54) is 31.8 Å². The van der Waals surface area contributed by atoms with E-state index in [1.807, 2.05) is 54.6 Å². The smallest absolute Gasteiger partial charge is 0.250 e. The van der Waals surface area contributed by atoms with Gasteiger partial charge in [-0.15, -0.1) is 0 Å². The van der Waals surface area contributed by atoms with Gasteiger partial charge in [-0.2, -0.15) is 0 Å². The summed E-state index contributed by atoms with van der Waals surface area (Å²) in [5.74, 6) is 0.513. The first kappa shape index (κ1) is 21.6. The fourth-order valence-electron chi connectivity index (χ4n) is 2.61. The van der Waals surface area contributed by atoms with Crippen LogP contribution in [-0.2, 0) is 4.79 Å². The number of thiocarbonyl (C=S) groups is 1. The second kappa shape index (κ2) is 12.7. The van der Waals surface area contributed by atoms with Crippen molar-refractivity contribution >= 4 is 35.0 Å². The van der Waals surface area contributed by atoms with Crippen molar-refractivity contribution < 1.29 is 9.53 Å². The summed E-state index contributed by atoms with van der Waals surface area (Å²) in [6.07, 6.45) is 9.23. The zero-order chi connectivity index (χ0) is 20.0. The van der Waals surface area contributed by atoms with Gasteiger partial charge in [0.1, 0.15) is 5.75 Å². The van der Waals surface area contributed by atoms with Crippen molar-refractivity contribution in [1.29, 1.82) is 0 Å². The van der Waals surface area contributed by atoms with Crippen LogP contribution in [0.15, 0.2) is 60.7 Å². The van der Waals surface area contributed by atoms with Crippen LogP contribution in [0.4, 0.5) is 5.69 Å². The van der Waals surface area contributed by atoms with E-state index in [4.69, 9.17) is 17.0 Å². The highest BCUT2D eigenvalue weighted by Gasteiger charge is 2.03. The monoisotopic (exact) mass is 396 g/mol. The lowest BCUT2D eigenvalue weighted by Gasteiger charge is -2.11. The second-order valence-electron chi connectivity index (χ2n) is 6.48.